The van der Waals surface area contributed by atoms with Gasteiger partial charge in [-0.1, -0.05) is 5.21 Å². The highest BCUT2D eigenvalue weighted by Gasteiger charge is 2.17. The second-order valence-electron chi connectivity index (χ2n) is 6.79. The summed E-state index contributed by atoms with van der Waals surface area (Å²) < 4.78 is 7.09. The fourth-order valence-electron chi connectivity index (χ4n) is 3.31. The van der Waals surface area contributed by atoms with Gasteiger partial charge in [0.15, 0.2) is 5.69 Å². The Bertz CT molecular complexity index is 767. The van der Waals surface area contributed by atoms with Gasteiger partial charge in [-0.05, 0) is 57.3 Å². The van der Waals surface area contributed by atoms with Gasteiger partial charge in [0.05, 0.1) is 13.3 Å². The SMILES string of the molecule is COc1nc(C)cc(C)c1CNC(=O)c1cn(C[C@H]2CCCNC2)nn1. The first-order chi connectivity index (χ1) is 12.6. The third kappa shape index (κ3) is 4.37. The lowest BCUT2D eigenvalue weighted by Gasteiger charge is -2.22. The minimum absolute atomic E-state index is 0.250. The molecular formula is C18H26N6O2. The highest BCUT2D eigenvalue weighted by atomic mass is 16.5. The lowest BCUT2D eigenvalue weighted by molar-refractivity contribution is 0.0945. The average Bonchev–Trinajstić information content (AvgIpc) is 3.09. The quantitative estimate of drug-likeness (QED) is 0.807. The van der Waals surface area contributed by atoms with Crippen molar-refractivity contribution in [2.45, 2.75) is 39.8 Å². The molecule has 2 aromatic rings. The van der Waals surface area contributed by atoms with Crippen molar-refractivity contribution in [1.29, 1.82) is 0 Å². The molecule has 0 unspecified atom stereocenters. The number of ether oxygens (including phenoxy) is 1. The van der Waals surface area contributed by atoms with E-state index in [9.17, 15) is 4.79 Å². The van der Waals surface area contributed by atoms with E-state index in [-0.39, 0.29) is 5.91 Å². The number of aromatic nitrogens is 4. The smallest absolute Gasteiger partial charge is 0.273 e. The molecule has 8 heteroatoms. The first kappa shape index (κ1) is 18.3. The van der Waals surface area contributed by atoms with Crippen molar-refractivity contribution < 1.29 is 9.53 Å². The fraction of sp³-hybridized carbons (Fsp3) is 0.556. The standard InChI is InChI=1S/C18H26N6O2/c1-12-7-13(2)21-18(26-3)15(12)9-20-17(25)16-11-24(23-22-16)10-14-5-4-6-19-8-14/h7,11,14,19H,4-6,8-10H2,1-3H3,(H,20,25)/t14-/m0/s1. The molecule has 3 heterocycles. The molecule has 2 aromatic heterocycles. The van der Waals surface area contributed by atoms with Gasteiger partial charge in [0.2, 0.25) is 5.88 Å². The van der Waals surface area contributed by atoms with Crippen LogP contribution in [0.4, 0.5) is 0 Å². The highest BCUT2D eigenvalue weighted by Crippen LogP contribution is 2.20. The fourth-order valence-corrected chi connectivity index (χ4v) is 3.31. The Balaban J connectivity index is 1.60. The number of nitrogens with one attached hydrogen (secondary N) is 2. The largest absolute Gasteiger partial charge is 0.481 e. The minimum atomic E-state index is -0.250. The van der Waals surface area contributed by atoms with Gasteiger partial charge in [-0.3, -0.25) is 9.48 Å². The van der Waals surface area contributed by atoms with Gasteiger partial charge in [-0.25, -0.2) is 4.98 Å². The number of aryl methyl sites for hydroxylation is 2. The molecule has 1 saturated heterocycles. The van der Waals surface area contributed by atoms with Crippen molar-refractivity contribution in [1.82, 2.24) is 30.6 Å². The van der Waals surface area contributed by atoms with Crippen LogP contribution in [0.3, 0.4) is 0 Å². The predicted octanol–water partition coefficient (Wildman–Crippen LogP) is 1.23. The van der Waals surface area contributed by atoms with E-state index in [0.717, 1.165) is 36.5 Å². The first-order valence-corrected chi connectivity index (χ1v) is 8.97. The molecule has 0 aliphatic carbocycles. The van der Waals surface area contributed by atoms with E-state index in [2.05, 4.69) is 25.9 Å². The maximum absolute atomic E-state index is 12.4. The molecule has 0 radical (unpaired) electrons. The Kier molecular flexibility index (Phi) is 5.82. The maximum Gasteiger partial charge on any atom is 0.273 e. The molecule has 0 aromatic carbocycles. The van der Waals surface area contributed by atoms with E-state index < -0.39 is 0 Å². The number of hydrogen-bond acceptors (Lipinski definition) is 6. The van der Waals surface area contributed by atoms with Crippen LogP contribution in [0, 0.1) is 19.8 Å². The Hall–Kier alpha value is -2.48. The van der Waals surface area contributed by atoms with Crippen LogP contribution in [0.2, 0.25) is 0 Å². The zero-order valence-electron chi connectivity index (χ0n) is 15.6. The first-order valence-electron chi connectivity index (χ1n) is 8.97. The zero-order chi connectivity index (χ0) is 18.5. The summed E-state index contributed by atoms with van der Waals surface area (Å²) in [5, 5.41) is 14.4. The molecule has 2 N–H and O–H groups in total. The van der Waals surface area contributed by atoms with Crippen molar-refractivity contribution in [3.05, 3.63) is 34.8 Å². The summed E-state index contributed by atoms with van der Waals surface area (Å²) in [7, 11) is 1.58. The van der Waals surface area contributed by atoms with Crippen LogP contribution < -0.4 is 15.4 Å². The monoisotopic (exact) mass is 358 g/mol. The Morgan fingerprint density at radius 2 is 2.31 bits per heavy atom. The number of rotatable bonds is 6. The van der Waals surface area contributed by atoms with Gasteiger partial charge < -0.3 is 15.4 Å². The molecule has 140 valence electrons. The van der Waals surface area contributed by atoms with E-state index in [0.29, 0.717) is 24.0 Å². The number of carbonyl (C=O) groups excluding carboxylic acids is 1. The molecule has 0 spiro atoms. The summed E-state index contributed by atoms with van der Waals surface area (Å²) >= 11 is 0. The van der Waals surface area contributed by atoms with Gasteiger partial charge in [-0.15, -0.1) is 5.10 Å². The summed E-state index contributed by atoms with van der Waals surface area (Å²) in [4.78, 5) is 16.8. The second-order valence-corrected chi connectivity index (χ2v) is 6.79. The lowest BCUT2D eigenvalue weighted by atomic mass is 10.00. The number of amides is 1. The molecule has 1 fully saturated rings. The van der Waals surface area contributed by atoms with Gasteiger partial charge in [0, 0.05) is 24.3 Å². The highest BCUT2D eigenvalue weighted by molar-refractivity contribution is 5.91. The van der Waals surface area contributed by atoms with Crippen LogP contribution in [0.15, 0.2) is 12.3 Å². The lowest BCUT2D eigenvalue weighted by Crippen LogP contribution is -2.32. The molecule has 1 amide bonds. The third-order valence-electron chi connectivity index (χ3n) is 4.67. The molecule has 3 rings (SSSR count). The topological polar surface area (TPSA) is 94.0 Å². The van der Waals surface area contributed by atoms with Gasteiger partial charge in [0.25, 0.3) is 5.91 Å². The number of pyridine rings is 1. The molecule has 0 bridgehead atoms. The van der Waals surface area contributed by atoms with E-state index in [1.807, 2.05) is 19.9 Å². The van der Waals surface area contributed by atoms with Crippen molar-refractivity contribution in [2.24, 2.45) is 5.92 Å². The van der Waals surface area contributed by atoms with Gasteiger partial charge in [0.1, 0.15) is 0 Å². The van der Waals surface area contributed by atoms with E-state index in [1.54, 1.807) is 18.0 Å². The summed E-state index contributed by atoms with van der Waals surface area (Å²) in [6.07, 6.45) is 4.06. The number of piperidine rings is 1. The van der Waals surface area contributed by atoms with Crippen molar-refractivity contribution in [2.75, 3.05) is 20.2 Å². The third-order valence-corrected chi connectivity index (χ3v) is 4.67. The van der Waals surface area contributed by atoms with Crippen LogP contribution in [0.25, 0.3) is 0 Å². The van der Waals surface area contributed by atoms with Crippen molar-refractivity contribution >= 4 is 5.91 Å². The normalized spacial score (nSPS) is 17.1. The molecule has 0 saturated carbocycles. The molecule has 1 aliphatic heterocycles. The summed E-state index contributed by atoms with van der Waals surface area (Å²) in [6.45, 7) is 7.08. The van der Waals surface area contributed by atoms with Crippen LogP contribution in [-0.2, 0) is 13.1 Å². The summed E-state index contributed by atoms with van der Waals surface area (Å²) in [5.41, 5.74) is 3.11. The number of nitrogens with zero attached hydrogens (tertiary/aromatic N) is 4. The van der Waals surface area contributed by atoms with E-state index >= 15 is 0 Å². The van der Waals surface area contributed by atoms with Crippen LogP contribution >= 0.6 is 0 Å². The van der Waals surface area contributed by atoms with E-state index in [1.165, 1.54) is 12.8 Å². The molecular weight excluding hydrogens is 332 g/mol. The van der Waals surface area contributed by atoms with Gasteiger partial charge >= 0.3 is 0 Å². The minimum Gasteiger partial charge on any atom is -0.481 e. The van der Waals surface area contributed by atoms with Gasteiger partial charge in [-0.2, -0.15) is 0 Å². The van der Waals surface area contributed by atoms with Crippen LogP contribution in [0.5, 0.6) is 5.88 Å². The Morgan fingerprint density at radius 3 is 3.04 bits per heavy atom. The molecule has 1 aliphatic rings. The maximum atomic E-state index is 12.4. The molecule has 1 atom stereocenters. The Labute approximate surface area is 153 Å². The number of hydrogen-bond donors (Lipinski definition) is 2. The van der Waals surface area contributed by atoms with Crippen molar-refractivity contribution in [3.8, 4) is 5.88 Å². The van der Waals surface area contributed by atoms with E-state index in [4.69, 9.17) is 4.74 Å². The second kappa shape index (κ2) is 8.27. The summed E-state index contributed by atoms with van der Waals surface area (Å²) in [5.74, 6) is 0.822. The average molecular weight is 358 g/mol. The number of carbonyl (C=O) groups is 1. The number of methoxy groups -OCH3 is 1. The van der Waals surface area contributed by atoms with Crippen molar-refractivity contribution in [3.63, 3.8) is 0 Å². The molecule has 26 heavy (non-hydrogen) atoms. The summed E-state index contributed by atoms with van der Waals surface area (Å²) in [6, 6.07) is 1.97. The predicted molar refractivity (Wildman–Crippen MR) is 97.0 cm³/mol. The molecule has 8 nitrogen and oxygen atoms in total. The van der Waals surface area contributed by atoms with Crippen LogP contribution in [0.1, 0.15) is 40.2 Å². The van der Waals surface area contributed by atoms with Crippen LogP contribution in [-0.4, -0.2) is 46.1 Å². The Morgan fingerprint density at radius 1 is 1.46 bits per heavy atom. The zero-order valence-corrected chi connectivity index (χ0v) is 15.6.